The highest BCUT2D eigenvalue weighted by Crippen LogP contribution is 2.46. The Morgan fingerprint density at radius 3 is 2.61 bits per heavy atom. The number of nitrogens with zero attached hydrogens (tertiary/aromatic N) is 2. The van der Waals surface area contributed by atoms with Gasteiger partial charge in [0.25, 0.3) is 0 Å². The van der Waals surface area contributed by atoms with Gasteiger partial charge in [0.15, 0.2) is 0 Å². The maximum Gasteiger partial charge on any atom is 0.407 e. The zero-order chi connectivity index (χ0) is 12.8. The van der Waals surface area contributed by atoms with Crippen molar-refractivity contribution in [2.75, 3.05) is 31.6 Å². The third-order valence-electron chi connectivity index (χ3n) is 4.42. The first kappa shape index (κ1) is 11.4. The molecule has 18 heavy (non-hydrogen) atoms. The fourth-order valence-electron chi connectivity index (χ4n) is 3.43. The molecule has 2 aliphatic rings. The van der Waals surface area contributed by atoms with Crippen LogP contribution in [0.15, 0.2) is 24.3 Å². The van der Waals surface area contributed by atoms with Crippen LogP contribution in [0.2, 0.25) is 0 Å². The van der Waals surface area contributed by atoms with Crippen LogP contribution in [0.25, 0.3) is 0 Å². The summed E-state index contributed by atoms with van der Waals surface area (Å²) in [4.78, 5) is 14.8. The van der Waals surface area contributed by atoms with Gasteiger partial charge in [0.2, 0.25) is 0 Å². The fraction of sp³-hybridized carbons (Fsp3) is 0.500. The van der Waals surface area contributed by atoms with E-state index in [1.54, 1.807) is 0 Å². The number of benzene rings is 1. The fourth-order valence-corrected chi connectivity index (χ4v) is 3.43. The molecule has 1 aromatic rings. The molecular weight excluding hydrogens is 228 g/mol. The van der Waals surface area contributed by atoms with E-state index >= 15 is 0 Å². The average Bonchev–Trinajstić information content (AvgIpc) is 2.64. The second-order valence-corrected chi connectivity index (χ2v) is 5.42. The summed E-state index contributed by atoms with van der Waals surface area (Å²) in [6.07, 6.45) is 1.07. The number of hydrogen-bond donors (Lipinski definition) is 1. The molecule has 0 radical (unpaired) electrons. The highest BCUT2D eigenvalue weighted by molar-refractivity contribution is 5.66. The number of likely N-dealkylation sites (N-methyl/N-ethyl adjacent to an activating group) is 1. The summed E-state index contributed by atoms with van der Waals surface area (Å²) in [5, 5.41) is 9.03. The summed E-state index contributed by atoms with van der Waals surface area (Å²) in [6.45, 7) is 2.31. The maximum absolute atomic E-state index is 11.0. The molecule has 1 fully saturated rings. The van der Waals surface area contributed by atoms with Crippen molar-refractivity contribution < 1.29 is 9.90 Å². The van der Waals surface area contributed by atoms with Gasteiger partial charge in [-0.15, -0.1) is 0 Å². The smallest absolute Gasteiger partial charge is 0.407 e. The van der Waals surface area contributed by atoms with Crippen LogP contribution in [0.4, 0.5) is 10.5 Å². The van der Waals surface area contributed by atoms with Gasteiger partial charge in [-0.25, -0.2) is 4.79 Å². The number of hydrogen-bond acceptors (Lipinski definition) is 2. The predicted molar refractivity (Wildman–Crippen MR) is 70.2 cm³/mol. The maximum atomic E-state index is 11.0. The van der Waals surface area contributed by atoms with Crippen molar-refractivity contribution >= 4 is 11.8 Å². The molecule has 1 spiro atoms. The number of likely N-dealkylation sites (tertiary alicyclic amines) is 1. The Kier molecular flexibility index (Phi) is 2.47. The topological polar surface area (TPSA) is 43.8 Å². The zero-order valence-corrected chi connectivity index (χ0v) is 10.6. The Morgan fingerprint density at radius 1 is 1.28 bits per heavy atom. The Morgan fingerprint density at radius 2 is 1.94 bits per heavy atom. The average molecular weight is 246 g/mol. The third-order valence-corrected chi connectivity index (χ3v) is 4.42. The first-order chi connectivity index (χ1) is 8.62. The minimum Gasteiger partial charge on any atom is -0.465 e. The number of carbonyl (C=O) groups is 1. The number of anilines is 1. The van der Waals surface area contributed by atoms with Gasteiger partial charge in [-0.3, -0.25) is 0 Å². The van der Waals surface area contributed by atoms with E-state index in [4.69, 9.17) is 5.11 Å². The molecule has 4 nitrogen and oxygen atoms in total. The van der Waals surface area contributed by atoms with Gasteiger partial charge in [-0.1, -0.05) is 18.2 Å². The highest BCUT2D eigenvalue weighted by atomic mass is 16.4. The van der Waals surface area contributed by atoms with Gasteiger partial charge in [-0.05, 0) is 24.5 Å². The molecular formula is C14H18N2O2. The zero-order valence-electron chi connectivity index (χ0n) is 10.6. The van der Waals surface area contributed by atoms with E-state index in [9.17, 15) is 4.79 Å². The molecule has 1 aromatic carbocycles. The molecule has 0 saturated carbocycles. The van der Waals surface area contributed by atoms with E-state index in [0.717, 1.165) is 19.4 Å². The lowest BCUT2D eigenvalue weighted by Crippen LogP contribution is -2.46. The minimum absolute atomic E-state index is 0.164. The molecule has 0 atom stereocenters. The number of carboxylic acid groups (broad SMARTS) is 1. The first-order valence-electron chi connectivity index (χ1n) is 6.41. The van der Waals surface area contributed by atoms with Crippen LogP contribution in [0.1, 0.15) is 18.4 Å². The Labute approximate surface area is 107 Å². The number of piperidine rings is 1. The van der Waals surface area contributed by atoms with E-state index in [0.29, 0.717) is 13.1 Å². The second-order valence-electron chi connectivity index (χ2n) is 5.42. The van der Waals surface area contributed by atoms with Gasteiger partial charge in [0.1, 0.15) is 0 Å². The third kappa shape index (κ3) is 1.55. The number of fused-ring (bicyclic) bond motifs is 2. The summed E-state index contributed by atoms with van der Waals surface area (Å²) in [5.74, 6) is 0. The van der Waals surface area contributed by atoms with Gasteiger partial charge in [-0.2, -0.15) is 0 Å². The van der Waals surface area contributed by atoms with E-state index < -0.39 is 6.09 Å². The molecule has 4 heteroatoms. The predicted octanol–water partition coefficient (Wildman–Crippen LogP) is 2.15. The summed E-state index contributed by atoms with van der Waals surface area (Å²) in [5.41, 5.74) is 2.87. The van der Waals surface area contributed by atoms with Gasteiger partial charge in [0, 0.05) is 37.8 Å². The second kappa shape index (κ2) is 3.90. The summed E-state index contributed by atoms with van der Waals surface area (Å²) < 4.78 is 0. The SMILES string of the molecule is CN1CC2(CCN(C(=O)O)CC2)c2ccccc21. The monoisotopic (exact) mass is 246 g/mol. The van der Waals surface area contributed by atoms with Crippen LogP contribution in [-0.4, -0.2) is 42.8 Å². The lowest BCUT2D eigenvalue weighted by atomic mass is 9.74. The molecule has 2 heterocycles. The van der Waals surface area contributed by atoms with Crippen LogP contribution >= 0.6 is 0 Å². The number of rotatable bonds is 0. The van der Waals surface area contributed by atoms with Gasteiger partial charge >= 0.3 is 6.09 Å². The van der Waals surface area contributed by atoms with Crippen molar-refractivity contribution in [2.24, 2.45) is 0 Å². The van der Waals surface area contributed by atoms with Crippen LogP contribution in [0.5, 0.6) is 0 Å². The van der Waals surface area contributed by atoms with Crippen LogP contribution in [-0.2, 0) is 5.41 Å². The molecule has 0 aliphatic carbocycles. The standard InChI is InChI=1S/C14H18N2O2/c1-15-10-14(11-4-2-3-5-12(11)15)6-8-16(9-7-14)13(17)18/h2-5H,6-10H2,1H3,(H,17,18). The summed E-state index contributed by atoms with van der Waals surface area (Å²) in [7, 11) is 2.12. The summed E-state index contributed by atoms with van der Waals surface area (Å²) in [6, 6.07) is 8.52. The van der Waals surface area contributed by atoms with Crippen molar-refractivity contribution in [3.8, 4) is 0 Å². The Bertz CT molecular complexity index is 478. The van der Waals surface area contributed by atoms with E-state index in [1.165, 1.54) is 16.2 Å². The van der Waals surface area contributed by atoms with Gasteiger partial charge < -0.3 is 14.9 Å². The number of amides is 1. The van der Waals surface area contributed by atoms with Crippen molar-refractivity contribution in [1.29, 1.82) is 0 Å². The first-order valence-corrected chi connectivity index (χ1v) is 6.41. The molecule has 96 valence electrons. The molecule has 0 bridgehead atoms. The molecule has 1 N–H and O–H groups in total. The minimum atomic E-state index is -0.788. The van der Waals surface area contributed by atoms with Crippen LogP contribution in [0.3, 0.4) is 0 Å². The van der Waals surface area contributed by atoms with Crippen LogP contribution in [0, 0.1) is 0 Å². The normalized spacial score (nSPS) is 21.2. The van der Waals surface area contributed by atoms with Crippen molar-refractivity contribution in [2.45, 2.75) is 18.3 Å². The largest absolute Gasteiger partial charge is 0.465 e. The van der Waals surface area contributed by atoms with Crippen molar-refractivity contribution in [3.63, 3.8) is 0 Å². The molecule has 1 saturated heterocycles. The molecule has 2 aliphatic heterocycles. The molecule has 0 unspecified atom stereocenters. The Hall–Kier alpha value is -1.71. The lowest BCUT2D eigenvalue weighted by molar-refractivity contribution is 0.119. The van der Waals surface area contributed by atoms with E-state index in [-0.39, 0.29) is 5.41 Å². The molecule has 3 rings (SSSR count). The van der Waals surface area contributed by atoms with E-state index in [2.05, 4.69) is 36.2 Å². The number of para-hydroxylation sites is 1. The van der Waals surface area contributed by atoms with Crippen molar-refractivity contribution in [1.82, 2.24) is 4.90 Å². The van der Waals surface area contributed by atoms with Gasteiger partial charge in [0.05, 0.1) is 0 Å². The quantitative estimate of drug-likeness (QED) is 0.762. The molecule has 1 amide bonds. The van der Waals surface area contributed by atoms with Crippen LogP contribution < -0.4 is 4.90 Å². The van der Waals surface area contributed by atoms with Crippen molar-refractivity contribution in [3.05, 3.63) is 29.8 Å². The summed E-state index contributed by atoms with van der Waals surface area (Å²) >= 11 is 0. The van der Waals surface area contributed by atoms with E-state index in [1.807, 2.05) is 0 Å². The Balaban J connectivity index is 1.89. The molecule has 0 aromatic heterocycles. The highest BCUT2D eigenvalue weighted by Gasteiger charge is 2.43. The lowest BCUT2D eigenvalue weighted by Gasteiger charge is -2.38.